The summed E-state index contributed by atoms with van der Waals surface area (Å²) in [7, 11) is 0. The third-order valence-electron chi connectivity index (χ3n) is 3.66. The molecule has 1 aliphatic rings. The molecule has 1 amide bonds. The van der Waals surface area contributed by atoms with Crippen molar-refractivity contribution in [3.8, 4) is 0 Å². The van der Waals surface area contributed by atoms with Gasteiger partial charge in [-0.3, -0.25) is 9.59 Å². The molecular formula is C13H24N2O3. The first kappa shape index (κ1) is 15.0. The van der Waals surface area contributed by atoms with Crippen LogP contribution in [0.1, 0.15) is 46.0 Å². The summed E-state index contributed by atoms with van der Waals surface area (Å²) in [5, 5.41) is 9.20. The molecule has 1 aliphatic heterocycles. The minimum atomic E-state index is -0.821. The van der Waals surface area contributed by atoms with Crippen molar-refractivity contribution in [3.63, 3.8) is 0 Å². The Morgan fingerprint density at radius 3 is 2.72 bits per heavy atom. The van der Waals surface area contributed by atoms with Gasteiger partial charge in [0.25, 0.3) is 0 Å². The van der Waals surface area contributed by atoms with Crippen LogP contribution >= 0.6 is 0 Å². The molecule has 5 nitrogen and oxygen atoms in total. The van der Waals surface area contributed by atoms with Crippen molar-refractivity contribution in [2.45, 2.75) is 52.0 Å². The second kappa shape index (κ2) is 6.18. The number of carboxylic acid groups (broad SMARTS) is 1. The minimum Gasteiger partial charge on any atom is -0.481 e. The van der Waals surface area contributed by atoms with E-state index in [0.29, 0.717) is 25.9 Å². The monoisotopic (exact) mass is 256 g/mol. The lowest BCUT2D eigenvalue weighted by atomic mass is 9.82. The Bertz CT molecular complexity index is 319. The molecule has 0 bridgehead atoms. The largest absolute Gasteiger partial charge is 0.481 e. The van der Waals surface area contributed by atoms with E-state index in [-0.39, 0.29) is 11.9 Å². The fourth-order valence-corrected chi connectivity index (χ4v) is 2.45. The fraction of sp³-hybridized carbons (Fsp3) is 0.846. The molecule has 1 heterocycles. The minimum absolute atomic E-state index is 0.0110. The van der Waals surface area contributed by atoms with Gasteiger partial charge in [0, 0.05) is 25.6 Å². The number of rotatable bonds is 5. The average molecular weight is 256 g/mol. The molecule has 0 aromatic rings. The molecule has 1 rings (SSSR count). The normalized spacial score (nSPS) is 25.8. The molecule has 5 heteroatoms. The lowest BCUT2D eigenvalue weighted by Crippen LogP contribution is -2.49. The molecule has 0 aliphatic carbocycles. The molecule has 104 valence electrons. The standard InChI is InChI=1S/C13H24N2O3/c1-3-5-10(14)8-11(16)15-7-4-6-13(2,9-15)12(17)18/h10H,3-9,14H2,1-2H3,(H,17,18). The first-order valence-corrected chi connectivity index (χ1v) is 6.66. The number of carboxylic acids is 1. The Morgan fingerprint density at radius 1 is 1.50 bits per heavy atom. The third kappa shape index (κ3) is 3.70. The van der Waals surface area contributed by atoms with E-state index < -0.39 is 11.4 Å². The predicted molar refractivity (Wildman–Crippen MR) is 69.1 cm³/mol. The molecule has 0 aromatic heterocycles. The molecule has 1 fully saturated rings. The highest BCUT2D eigenvalue weighted by Crippen LogP contribution is 2.30. The number of aliphatic carboxylic acids is 1. The number of likely N-dealkylation sites (tertiary alicyclic amines) is 1. The Labute approximate surface area is 108 Å². The second-order valence-electron chi connectivity index (χ2n) is 5.54. The second-order valence-corrected chi connectivity index (χ2v) is 5.54. The van der Waals surface area contributed by atoms with Crippen molar-refractivity contribution in [2.75, 3.05) is 13.1 Å². The van der Waals surface area contributed by atoms with E-state index in [1.54, 1.807) is 11.8 Å². The van der Waals surface area contributed by atoms with Gasteiger partial charge in [0.15, 0.2) is 0 Å². The first-order valence-electron chi connectivity index (χ1n) is 6.66. The predicted octanol–water partition coefficient (Wildman–Crippen LogP) is 1.22. The van der Waals surface area contributed by atoms with E-state index in [1.165, 1.54) is 0 Å². The van der Waals surface area contributed by atoms with E-state index in [0.717, 1.165) is 19.3 Å². The Hall–Kier alpha value is -1.10. The highest BCUT2D eigenvalue weighted by atomic mass is 16.4. The van der Waals surface area contributed by atoms with Crippen molar-refractivity contribution < 1.29 is 14.7 Å². The number of amides is 1. The number of carbonyl (C=O) groups excluding carboxylic acids is 1. The summed E-state index contributed by atoms with van der Waals surface area (Å²) >= 11 is 0. The molecule has 0 saturated carbocycles. The van der Waals surface area contributed by atoms with E-state index in [2.05, 4.69) is 0 Å². The van der Waals surface area contributed by atoms with Crippen LogP contribution in [0.5, 0.6) is 0 Å². The molecule has 0 radical (unpaired) electrons. The zero-order chi connectivity index (χ0) is 13.8. The maximum absolute atomic E-state index is 12.0. The van der Waals surface area contributed by atoms with E-state index in [1.807, 2.05) is 6.92 Å². The van der Waals surface area contributed by atoms with Crippen LogP contribution in [-0.4, -0.2) is 41.0 Å². The first-order chi connectivity index (χ1) is 8.39. The summed E-state index contributed by atoms with van der Waals surface area (Å²) < 4.78 is 0. The summed E-state index contributed by atoms with van der Waals surface area (Å²) in [6.07, 6.45) is 3.49. The quantitative estimate of drug-likeness (QED) is 0.774. The summed E-state index contributed by atoms with van der Waals surface area (Å²) in [6, 6.07) is -0.111. The Kier molecular flexibility index (Phi) is 5.14. The number of nitrogens with zero attached hydrogens (tertiary/aromatic N) is 1. The molecule has 2 unspecified atom stereocenters. The van der Waals surface area contributed by atoms with Crippen LogP contribution in [0.15, 0.2) is 0 Å². The number of nitrogens with two attached hydrogens (primary N) is 1. The summed E-state index contributed by atoms with van der Waals surface area (Å²) in [5.74, 6) is -0.832. The maximum atomic E-state index is 12.0. The van der Waals surface area contributed by atoms with Gasteiger partial charge in [-0.1, -0.05) is 13.3 Å². The van der Waals surface area contributed by atoms with Crippen molar-refractivity contribution in [1.29, 1.82) is 0 Å². The molecule has 3 N–H and O–H groups in total. The van der Waals surface area contributed by atoms with Gasteiger partial charge in [-0.2, -0.15) is 0 Å². The van der Waals surface area contributed by atoms with Gasteiger partial charge in [-0.25, -0.2) is 0 Å². The fourth-order valence-electron chi connectivity index (χ4n) is 2.45. The van der Waals surface area contributed by atoms with Gasteiger partial charge in [-0.15, -0.1) is 0 Å². The van der Waals surface area contributed by atoms with Crippen LogP contribution in [0.25, 0.3) is 0 Å². The average Bonchev–Trinajstić information content (AvgIpc) is 2.29. The lowest BCUT2D eigenvalue weighted by molar-refractivity contribution is -0.153. The van der Waals surface area contributed by atoms with E-state index in [4.69, 9.17) is 5.73 Å². The van der Waals surface area contributed by atoms with Crippen LogP contribution in [-0.2, 0) is 9.59 Å². The number of hydrogen-bond acceptors (Lipinski definition) is 3. The van der Waals surface area contributed by atoms with Gasteiger partial charge >= 0.3 is 5.97 Å². The van der Waals surface area contributed by atoms with Crippen molar-refractivity contribution in [3.05, 3.63) is 0 Å². The van der Waals surface area contributed by atoms with Crippen molar-refractivity contribution in [2.24, 2.45) is 11.1 Å². The summed E-state index contributed by atoms with van der Waals surface area (Å²) in [6.45, 7) is 4.70. The number of hydrogen-bond donors (Lipinski definition) is 2. The van der Waals surface area contributed by atoms with Crippen LogP contribution in [0.4, 0.5) is 0 Å². The van der Waals surface area contributed by atoms with Crippen LogP contribution < -0.4 is 5.73 Å². The molecular weight excluding hydrogens is 232 g/mol. The molecule has 2 atom stereocenters. The van der Waals surface area contributed by atoms with Crippen LogP contribution in [0.2, 0.25) is 0 Å². The summed E-state index contributed by atoms with van der Waals surface area (Å²) in [4.78, 5) is 24.9. The highest BCUT2D eigenvalue weighted by Gasteiger charge is 2.39. The van der Waals surface area contributed by atoms with Gasteiger partial charge in [0.2, 0.25) is 5.91 Å². The van der Waals surface area contributed by atoms with Crippen LogP contribution in [0, 0.1) is 5.41 Å². The SMILES string of the molecule is CCCC(N)CC(=O)N1CCCC(C)(C(=O)O)C1. The highest BCUT2D eigenvalue weighted by molar-refractivity contribution is 5.79. The molecule has 1 saturated heterocycles. The third-order valence-corrected chi connectivity index (χ3v) is 3.66. The zero-order valence-electron chi connectivity index (χ0n) is 11.3. The Morgan fingerprint density at radius 2 is 2.17 bits per heavy atom. The molecule has 0 aromatic carbocycles. The van der Waals surface area contributed by atoms with E-state index in [9.17, 15) is 14.7 Å². The van der Waals surface area contributed by atoms with Gasteiger partial charge in [-0.05, 0) is 26.2 Å². The molecule has 18 heavy (non-hydrogen) atoms. The maximum Gasteiger partial charge on any atom is 0.311 e. The number of carbonyl (C=O) groups is 2. The molecule has 0 spiro atoms. The number of piperidine rings is 1. The zero-order valence-corrected chi connectivity index (χ0v) is 11.3. The van der Waals surface area contributed by atoms with Gasteiger partial charge in [0.05, 0.1) is 5.41 Å². The lowest BCUT2D eigenvalue weighted by Gasteiger charge is -2.37. The van der Waals surface area contributed by atoms with Crippen LogP contribution in [0.3, 0.4) is 0 Å². The van der Waals surface area contributed by atoms with Gasteiger partial charge in [0.1, 0.15) is 0 Å². The topological polar surface area (TPSA) is 83.6 Å². The van der Waals surface area contributed by atoms with Crippen molar-refractivity contribution in [1.82, 2.24) is 4.90 Å². The Balaban J connectivity index is 2.56. The smallest absolute Gasteiger partial charge is 0.311 e. The summed E-state index contributed by atoms with van der Waals surface area (Å²) in [5.41, 5.74) is 5.05. The van der Waals surface area contributed by atoms with Gasteiger partial charge < -0.3 is 15.7 Å². The van der Waals surface area contributed by atoms with Crippen molar-refractivity contribution >= 4 is 11.9 Å². The van der Waals surface area contributed by atoms with E-state index >= 15 is 0 Å².